The van der Waals surface area contributed by atoms with E-state index in [1.165, 1.54) is 0 Å². The molecule has 2 heterocycles. The highest BCUT2D eigenvalue weighted by atomic mass is 35.5. The first-order chi connectivity index (χ1) is 9.83. The maximum absolute atomic E-state index is 12.0. The number of piperidine rings is 1. The van der Waals surface area contributed by atoms with Gasteiger partial charge in [0.1, 0.15) is 17.5 Å². The molecule has 6 heteroatoms. The van der Waals surface area contributed by atoms with Gasteiger partial charge in [0, 0.05) is 38.2 Å². The molecular weight excluding hydrogens is 292 g/mol. The first-order valence-electron chi connectivity index (χ1n) is 7.08. The Labute approximate surface area is 130 Å². The van der Waals surface area contributed by atoms with Gasteiger partial charge in [-0.2, -0.15) is 0 Å². The number of ether oxygens (including phenoxy) is 2. The van der Waals surface area contributed by atoms with E-state index in [9.17, 15) is 4.79 Å². The number of carbonyl (C=O) groups excluding carboxylic acids is 1. The SMILES string of the molecule is CC(C)(C)OC(=O)N1CCC(Oc2cncc(Cl)c2)CC1. The number of amides is 1. The molecule has 1 aliphatic heterocycles. The van der Waals surface area contributed by atoms with Crippen LogP contribution in [-0.4, -0.2) is 40.8 Å². The van der Waals surface area contributed by atoms with Crippen molar-refractivity contribution in [2.45, 2.75) is 45.3 Å². The van der Waals surface area contributed by atoms with Crippen LogP contribution in [0.15, 0.2) is 18.5 Å². The quantitative estimate of drug-likeness (QED) is 0.838. The van der Waals surface area contributed by atoms with Gasteiger partial charge in [0.15, 0.2) is 0 Å². The van der Waals surface area contributed by atoms with Crippen LogP contribution in [0.3, 0.4) is 0 Å². The molecule has 0 unspecified atom stereocenters. The molecule has 1 aliphatic rings. The second-order valence-electron chi connectivity index (χ2n) is 6.12. The van der Waals surface area contributed by atoms with E-state index in [0.717, 1.165) is 12.8 Å². The number of pyridine rings is 1. The highest BCUT2D eigenvalue weighted by molar-refractivity contribution is 6.30. The third-order valence-electron chi connectivity index (χ3n) is 3.08. The number of nitrogens with zero attached hydrogens (tertiary/aromatic N) is 2. The molecule has 1 aromatic heterocycles. The Morgan fingerprint density at radius 3 is 2.57 bits per heavy atom. The van der Waals surface area contributed by atoms with E-state index in [-0.39, 0.29) is 12.2 Å². The second-order valence-corrected chi connectivity index (χ2v) is 6.56. The molecule has 0 spiro atoms. The fourth-order valence-corrected chi connectivity index (χ4v) is 2.30. The molecule has 1 fully saturated rings. The minimum atomic E-state index is -0.461. The van der Waals surface area contributed by atoms with E-state index in [1.54, 1.807) is 23.4 Å². The van der Waals surface area contributed by atoms with Crippen LogP contribution in [0, 0.1) is 0 Å². The lowest BCUT2D eigenvalue weighted by atomic mass is 10.1. The summed E-state index contributed by atoms with van der Waals surface area (Å²) in [6.07, 6.45) is 4.57. The van der Waals surface area contributed by atoms with Gasteiger partial charge in [-0.3, -0.25) is 4.98 Å². The molecule has 0 radical (unpaired) electrons. The molecule has 0 saturated carbocycles. The molecule has 116 valence electrons. The average molecular weight is 313 g/mol. The normalized spacial score (nSPS) is 16.7. The van der Waals surface area contributed by atoms with Gasteiger partial charge in [-0.1, -0.05) is 11.6 Å². The van der Waals surface area contributed by atoms with Crippen molar-refractivity contribution in [2.24, 2.45) is 0 Å². The third kappa shape index (κ3) is 5.08. The number of rotatable bonds is 2. The zero-order valence-electron chi connectivity index (χ0n) is 12.6. The van der Waals surface area contributed by atoms with E-state index in [1.807, 2.05) is 20.8 Å². The summed E-state index contributed by atoms with van der Waals surface area (Å²) in [6.45, 7) is 6.87. The molecule has 5 nitrogen and oxygen atoms in total. The number of carbonyl (C=O) groups is 1. The van der Waals surface area contributed by atoms with Crippen molar-refractivity contribution in [3.8, 4) is 5.75 Å². The predicted molar refractivity (Wildman–Crippen MR) is 80.7 cm³/mol. The van der Waals surface area contributed by atoms with Crippen LogP contribution in [0.5, 0.6) is 5.75 Å². The van der Waals surface area contributed by atoms with Gasteiger partial charge in [-0.25, -0.2) is 4.79 Å². The number of halogens is 1. The van der Waals surface area contributed by atoms with E-state index >= 15 is 0 Å². The van der Waals surface area contributed by atoms with Crippen molar-refractivity contribution >= 4 is 17.7 Å². The lowest BCUT2D eigenvalue weighted by Crippen LogP contribution is -2.44. The Morgan fingerprint density at radius 2 is 2.00 bits per heavy atom. The van der Waals surface area contributed by atoms with Crippen molar-refractivity contribution in [2.75, 3.05) is 13.1 Å². The fraction of sp³-hybridized carbons (Fsp3) is 0.600. The third-order valence-corrected chi connectivity index (χ3v) is 3.28. The molecule has 0 aromatic carbocycles. The smallest absolute Gasteiger partial charge is 0.410 e. The van der Waals surface area contributed by atoms with Gasteiger partial charge in [0.2, 0.25) is 0 Å². The van der Waals surface area contributed by atoms with Gasteiger partial charge in [-0.05, 0) is 20.8 Å². The van der Waals surface area contributed by atoms with Gasteiger partial charge in [0.25, 0.3) is 0 Å². The fourth-order valence-electron chi connectivity index (χ4n) is 2.13. The Bertz CT molecular complexity index is 494. The molecule has 1 aromatic rings. The lowest BCUT2D eigenvalue weighted by molar-refractivity contribution is 0.0126. The Balaban J connectivity index is 1.82. The minimum absolute atomic E-state index is 0.0731. The maximum Gasteiger partial charge on any atom is 0.410 e. The molecular formula is C15H21ClN2O3. The van der Waals surface area contributed by atoms with Crippen molar-refractivity contribution in [3.63, 3.8) is 0 Å². The van der Waals surface area contributed by atoms with Crippen molar-refractivity contribution in [1.82, 2.24) is 9.88 Å². The first kappa shape index (κ1) is 15.9. The topological polar surface area (TPSA) is 51.7 Å². The highest BCUT2D eigenvalue weighted by Gasteiger charge is 2.27. The lowest BCUT2D eigenvalue weighted by Gasteiger charge is -2.33. The Hall–Kier alpha value is -1.49. The number of likely N-dealkylation sites (tertiary alicyclic amines) is 1. The van der Waals surface area contributed by atoms with Crippen molar-refractivity contribution in [3.05, 3.63) is 23.5 Å². The van der Waals surface area contributed by atoms with E-state index in [2.05, 4.69) is 4.98 Å². The summed E-state index contributed by atoms with van der Waals surface area (Å²) in [5.74, 6) is 0.665. The molecule has 21 heavy (non-hydrogen) atoms. The highest BCUT2D eigenvalue weighted by Crippen LogP contribution is 2.22. The maximum atomic E-state index is 12.0. The van der Waals surface area contributed by atoms with Crippen LogP contribution in [0.2, 0.25) is 5.02 Å². The molecule has 0 bridgehead atoms. The molecule has 0 atom stereocenters. The zero-order chi connectivity index (χ0) is 15.5. The number of hydrogen-bond acceptors (Lipinski definition) is 4. The van der Waals surface area contributed by atoms with Crippen LogP contribution < -0.4 is 4.74 Å². The molecule has 2 rings (SSSR count). The van der Waals surface area contributed by atoms with E-state index in [4.69, 9.17) is 21.1 Å². The van der Waals surface area contributed by atoms with Crippen molar-refractivity contribution < 1.29 is 14.3 Å². The summed E-state index contributed by atoms with van der Waals surface area (Å²) in [7, 11) is 0. The van der Waals surface area contributed by atoms with E-state index in [0.29, 0.717) is 23.9 Å². The minimum Gasteiger partial charge on any atom is -0.489 e. The predicted octanol–water partition coefficient (Wildman–Crippen LogP) is 3.51. The monoisotopic (exact) mass is 312 g/mol. The van der Waals surface area contributed by atoms with Crippen LogP contribution in [-0.2, 0) is 4.74 Å². The average Bonchev–Trinajstić information content (AvgIpc) is 2.37. The van der Waals surface area contributed by atoms with E-state index < -0.39 is 5.60 Å². The largest absolute Gasteiger partial charge is 0.489 e. The summed E-state index contributed by atoms with van der Waals surface area (Å²) < 4.78 is 11.2. The van der Waals surface area contributed by atoms with Crippen molar-refractivity contribution in [1.29, 1.82) is 0 Å². The van der Waals surface area contributed by atoms with Crippen LogP contribution >= 0.6 is 11.6 Å². The van der Waals surface area contributed by atoms with Gasteiger partial charge in [-0.15, -0.1) is 0 Å². The van der Waals surface area contributed by atoms with Crippen LogP contribution in [0.1, 0.15) is 33.6 Å². The summed E-state index contributed by atoms with van der Waals surface area (Å²) in [5.41, 5.74) is -0.461. The summed E-state index contributed by atoms with van der Waals surface area (Å²) in [6, 6.07) is 1.74. The van der Waals surface area contributed by atoms with Gasteiger partial charge >= 0.3 is 6.09 Å². The summed E-state index contributed by atoms with van der Waals surface area (Å²) >= 11 is 5.88. The zero-order valence-corrected chi connectivity index (χ0v) is 13.4. The second kappa shape index (κ2) is 6.52. The molecule has 0 N–H and O–H groups in total. The van der Waals surface area contributed by atoms with Crippen LogP contribution in [0.4, 0.5) is 4.79 Å². The van der Waals surface area contributed by atoms with Crippen LogP contribution in [0.25, 0.3) is 0 Å². The Kier molecular flexibility index (Phi) is 4.93. The molecule has 0 aliphatic carbocycles. The Morgan fingerprint density at radius 1 is 1.33 bits per heavy atom. The molecule has 1 amide bonds. The summed E-state index contributed by atoms with van der Waals surface area (Å²) in [5, 5.41) is 0.554. The van der Waals surface area contributed by atoms with Gasteiger partial charge < -0.3 is 14.4 Å². The standard InChI is InChI=1S/C15H21ClN2O3/c1-15(2,3)21-14(19)18-6-4-12(5-7-18)20-13-8-11(16)9-17-10-13/h8-10,12H,4-7H2,1-3H3. The number of hydrogen-bond donors (Lipinski definition) is 0. The number of aromatic nitrogens is 1. The van der Waals surface area contributed by atoms with Gasteiger partial charge in [0.05, 0.1) is 11.2 Å². The molecule has 1 saturated heterocycles. The first-order valence-corrected chi connectivity index (χ1v) is 7.46. The summed E-state index contributed by atoms with van der Waals surface area (Å²) in [4.78, 5) is 17.7.